The van der Waals surface area contributed by atoms with Crippen LogP contribution in [0.2, 0.25) is 0 Å². The highest BCUT2D eigenvalue weighted by atomic mass is 79.9. The van der Waals surface area contributed by atoms with Crippen molar-refractivity contribution in [3.63, 3.8) is 0 Å². The largest absolute Gasteiger partial charge is 0.573 e. The standard InChI is InChI=1S/C7H3BrF3NO4/c8-4-1-3(16-7(9,10)11)2-5(6(4)13)12(14)15/h1-2,13H. The summed E-state index contributed by atoms with van der Waals surface area (Å²) in [5, 5.41) is 19.5. The molecule has 9 heteroatoms. The highest BCUT2D eigenvalue weighted by Gasteiger charge is 2.32. The first kappa shape index (κ1) is 12.6. The number of halogens is 4. The van der Waals surface area contributed by atoms with Gasteiger partial charge < -0.3 is 9.84 Å². The van der Waals surface area contributed by atoms with E-state index in [0.29, 0.717) is 6.07 Å². The van der Waals surface area contributed by atoms with Crippen LogP contribution in [-0.2, 0) is 0 Å². The Balaban J connectivity index is 3.19. The lowest BCUT2D eigenvalue weighted by Gasteiger charge is -2.09. The Labute approximate surface area is 94.7 Å². The molecule has 0 aliphatic heterocycles. The molecular formula is C7H3BrF3NO4. The fourth-order valence-corrected chi connectivity index (χ4v) is 1.32. The Morgan fingerprint density at radius 2 is 2.00 bits per heavy atom. The predicted octanol–water partition coefficient (Wildman–Crippen LogP) is 2.96. The van der Waals surface area contributed by atoms with Crippen LogP contribution in [0.4, 0.5) is 18.9 Å². The number of hydrogen-bond acceptors (Lipinski definition) is 4. The molecule has 1 rings (SSSR count). The first-order chi connectivity index (χ1) is 7.20. The molecule has 0 saturated heterocycles. The average Bonchev–Trinajstić information content (AvgIpc) is 2.07. The van der Waals surface area contributed by atoms with Gasteiger partial charge in [0.15, 0.2) is 0 Å². The molecule has 0 unspecified atom stereocenters. The summed E-state index contributed by atoms with van der Waals surface area (Å²) in [5.41, 5.74) is -0.881. The summed E-state index contributed by atoms with van der Waals surface area (Å²) in [6, 6.07) is 1.25. The van der Waals surface area contributed by atoms with Crippen LogP contribution in [0.5, 0.6) is 11.5 Å². The molecule has 0 radical (unpaired) electrons. The van der Waals surface area contributed by atoms with E-state index in [2.05, 4.69) is 20.7 Å². The van der Waals surface area contributed by atoms with Crippen LogP contribution in [-0.4, -0.2) is 16.4 Å². The second-order valence-electron chi connectivity index (χ2n) is 2.58. The zero-order chi connectivity index (χ0) is 12.5. The summed E-state index contributed by atoms with van der Waals surface area (Å²) >= 11 is 2.67. The van der Waals surface area contributed by atoms with Crippen molar-refractivity contribution in [1.29, 1.82) is 0 Å². The van der Waals surface area contributed by atoms with Crippen LogP contribution in [0.25, 0.3) is 0 Å². The SMILES string of the molecule is O=[N+]([O-])c1cc(OC(F)(F)F)cc(Br)c1O. The van der Waals surface area contributed by atoms with Crippen LogP contribution >= 0.6 is 15.9 Å². The van der Waals surface area contributed by atoms with Gasteiger partial charge in [-0.2, -0.15) is 0 Å². The Morgan fingerprint density at radius 3 is 2.44 bits per heavy atom. The number of nitro groups is 1. The van der Waals surface area contributed by atoms with Crippen molar-refractivity contribution in [3.05, 3.63) is 26.7 Å². The van der Waals surface area contributed by atoms with Gasteiger partial charge in [-0.1, -0.05) is 0 Å². The van der Waals surface area contributed by atoms with Gasteiger partial charge in [0, 0.05) is 0 Å². The third kappa shape index (κ3) is 2.99. The number of benzene rings is 1. The zero-order valence-electron chi connectivity index (χ0n) is 7.29. The third-order valence-electron chi connectivity index (χ3n) is 1.45. The van der Waals surface area contributed by atoms with Gasteiger partial charge in [0.05, 0.1) is 15.5 Å². The van der Waals surface area contributed by atoms with E-state index < -0.39 is 28.5 Å². The van der Waals surface area contributed by atoms with Crippen molar-refractivity contribution in [3.8, 4) is 11.5 Å². The van der Waals surface area contributed by atoms with Crippen LogP contribution in [0.3, 0.4) is 0 Å². The van der Waals surface area contributed by atoms with Gasteiger partial charge in [-0.05, 0) is 22.0 Å². The van der Waals surface area contributed by atoms with Gasteiger partial charge >= 0.3 is 12.0 Å². The molecule has 5 nitrogen and oxygen atoms in total. The lowest BCUT2D eigenvalue weighted by atomic mass is 10.3. The van der Waals surface area contributed by atoms with Crippen molar-refractivity contribution in [2.45, 2.75) is 6.36 Å². The predicted molar refractivity (Wildman–Crippen MR) is 49.1 cm³/mol. The molecule has 16 heavy (non-hydrogen) atoms. The Morgan fingerprint density at radius 1 is 1.44 bits per heavy atom. The fourth-order valence-electron chi connectivity index (χ4n) is 0.892. The van der Waals surface area contributed by atoms with Crippen molar-refractivity contribution >= 4 is 21.6 Å². The van der Waals surface area contributed by atoms with Crippen LogP contribution in [0.1, 0.15) is 0 Å². The lowest BCUT2D eigenvalue weighted by Crippen LogP contribution is -2.17. The number of alkyl halides is 3. The molecule has 0 aromatic heterocycles. The number of aromatic hydroxyl groups is 1. The summed E-state index contributed by atoms with van der Waals surface area (Å²) in [5.74, 6) is -1.55. The molecule has 0 fully saturated rings. The highest BCUT2D eigenvalue weighted by molar-refractivity contribution is 9.10. The van der Waals surface area contributed by atoms with Crippen molar-refractivity contribution in [2.75, 3.05) is 0 Å². The highest BCUT2D eigenvalue weighted by Crippen LogP contribution is 2.39. The molecule has 0 amide bonds. The van der Waals surface area contributed by atoms with Crippen LogP contribution < -0.4 is 4.74 Å². The number of rotatable bonds is 2. The minimum Gasteiger partial charge on any atom is -0.501 e. The van der Waals surface area contributed by atoms with Gasteiger partial charge in [-0.15, -0.1) is 13.2 Å². The Bertz CT molecular complexity index is 434. The van der Waals surface area contributed by atoms with Crippen LogP contribution in [0, 0.1) is 10.1 Å². The number of hydrogen-bond donors (Lipinski definition) is 1. The summed E-state index contributed by atoms with van der Waals surface area (Å²) < 4.78 is 38.7. The Hall–Kier alpha value is -1.51. The quantitative estimate of drug-likeness (QED) is 0.673. The van der Waals surface area contributed by atoms with E-state index in [0.717, 1.165) is 6.07 Å². The third-order valence-corrected chi connectivity index (χ3v) is 2.05. The van der Waals surface area contributed by atoms with E-state index in [9.17, 15) is 23.3 Å². The minimum absolute atomic E-state index is 0.263. The molecule has 0 aliphatic carbocycles. The van der Waals surface area contributed by atoms with E-state index in [4.69, 9.17) is 5.11 Å². The summed E-state index contributed by atoms with van der Waals surface area (Å²) in [4.78, 5) is 9.36. The molecule has 88 valence electrons. The Kier molecular flexibility index (Phi) is 3.27. The van der Waals surface area contributed by atoms with Crippen molar-refractivity contribution < 1.29 is 27.9 Å². The summed E-state index contributed by atoms with van der Waals surface area (Å²) in [6.45, 7) is 0. The lowest BCUT2D eigenvalue weighted by molar-refractivity contribution is -0.386. The maximum Gasteiger partial charge on any atom is 0.573 e. The molecule has 0 heterocycles. The number of nitrogens with zero attached hydrogens (tertiary/aromatic N) is 1. The summed E-state index contributed by atoms with van der Waals surface area (Å²) in [6.07, 6.45) is -4.95. The molecular weight excluding hydrogens is 299 g/mol. The van der Waals surface area contributed by atoms with Gasteiger partial charge in [-0.3, -0.25) is 10.1 Å². The molecule has 1 N–H and O–H groups in total. The monoisotopic (exact) mass is 301 g/mol. The normalized spacial score (nSPS) is 11.2. The molecule has 0 aliphatic rings. The maximum absolute atomic E-state index is 11.8. The summed E-state index contributed by atoms with van der Waals surface area (Å²) in [7, 11) is 0. The smallest absolute Gasteiger partial charge is 0.501 e. The molecule has 0 atom stereocenters. The van der Waals surface area contributed by atoms with Crippen molar-refractivity contribution in [2.24, 2.45) is 0 Å². The molecule has 0 bridgehead atoms. The number of ether oxygens (including phenoxy) is 1. The first-order valence-corrected chi connectivity index (χ1v) is 4.42. The van der Waals surface area contributed by atoms with E-state index in [-0.39, 0.29) is 4.47 Å². The second-order valence-corrected chi connectivity index (χ2v) is 3.43. The minimum atomic E-state index is -4.95. The molecule has 0 saturated carbocycles. The van der Waals surface area contributed by atoms with Gasteiger partial charge in [0.25, 0.3) is 0 Å². The van der Waals surface area contributed by atoms with Gasteiger partial charge in [-0.25, -0.2) is 0 Å². The van der Waals surface area contributed by atoms with E-state index in [1.54, 1.807) is 0 Å². The van der Waals surface area contributed by atoms with Gasteiger partial charge in [0.1, 0.15) is 5.75 Å². The van der Waals surface area contributed by atoms with E-state index in [1.165, 1.54) is 0 Å². The zero-order valence-corrected chi connectivity index (χ0v) is 8.87. The van der Waals surface area contributed by atoms with Crippen LogP contribution in [0.15, 0.2) is 16.6 Å². The van der Waals surface area contributed by atoms with E-state index in [1.807, 2.05) is 0 Å². The molecule has 0 spiro atoms. The maximum atomic E-state index is 11.8. The van der Waals surface area contributed by atoms with E-state index >= 15 is 0 Å². The number of phenols is 1. The molecule has 1 aromatic rings. The second kappa shape index (κ2) is 4.16. The first-order valence-electron chi connectivity index (χ1n) is 3.63. The average molecular weight is 302 g/mol. The fraction of sp³-hybridized carbons (Fsp3) is 0.143. The molecule has 1 aromatic carbocycles. The van der Waals surface area contributed by atoms with Gasteiger partial charge in [0.2, 0.25) is 5.75 Å². The number of nitro benzene ring substituents is 1. The topological polar surface area (TPSA) is 72.6 Å². The number of phenolic OH excluding ortho intramolecular Hbond substituents is 1. The van der Waals surface area contributed by atoms with Crippen molar-refractivity contribution in [1.82, 2.24) is 0 Å².